The summed E-state index contributed by atoms with van der Waals surface area (Å²) in [6.07, 6.45) is 0.436. The number of likely N-dealkylation sites (N-methyl/N-ethyl adjacent to an activating group) is 1. The van der Waals surface area contributed by atoms with Gasteiger partial charge in [-0.1, -0.05) is 89.4 Å². The summed E-state index contributed by atoms with van der Waals surface area (Å²) in [5.74, 6) is 0.451. The lowest BCUT2D eigenvalue weighted by molar-refractivity contribution is -0.139. The van der Waals surface area contributed by atoms with Crippen LogP contribution < -0.4 is 5.32 Å². The van der Waals surface area contributed by atoms with Gasteiger partial charge < -0.3 is 10.2 Å². The zero-order chi connectivity index (χ0) is 25.2. The Morgan fingerprint density at radius 1 is 0.914 bits per heavy atom. The Bertz CT molecular complexity index is 1100. The minimum absolute atomic E-state index is 0.106. The standard InChI is InChI=1S/C28H30Cl2N2O2S/c1-3-31-28(34)26(16-21-8-5-4-6-9-21)32(17-22-14-12-20(2)13-15-22)27(33)19-35-18-23-24(29)10-7-11-25(23)30/h4-15,26H,3,16-19H2,1-2H3,(H,31,34)/t26-/m0/s1. The highest BCUT2D eigenvalue weighted by Gasteiger charge is 2.30. The van der Waals surface area contributed by atoms with E-state index in [-0.39, 0.29) is 17.6 Å². The van der Waals surface area contributed by atoms with Crippen LogP contribution in [0.15, 0.2) is 72.8 Å². The Labute approximate surface area is 222 Å². The Balaban J connectivity index is 1.84. The van der Waals surface area contributed by atoms with Gasteiger partial charge in [0.15, 0.2) is 0 Å². The van der Waals surface area contributed by atoms with Crippen molar-refractivity contribution in [3.8, 4) is 0 Å². The maximum absolute atomic E-state index is 13.6. The van der Waals surface area contributed by atoms with Crippen molar-refractivity contribution in [2.45, 2.75) is 38.6 Å². The Hall–Kier alpha value is -2.47. The summed E-state index contributed by atoms with van der Waals surface area (Å²) in [6.45, 7) is 4.75. The highest BCUT2D eigenvalue weighted by atomic mass is 35.5. The number of amides is 2. The van der Waals surface area contributed by atoms with E-state index >= 15 is 0 Å². The molecule has 0 aliphatic heterocycles. The van der Waals surface area contributed by atoms with Crippen LogP contribution in [-0.2, 0) is 28.3 Å². The van der Waals surface area contributed by atoms with Gasteiger partial charge in [0.25, 0.3) is 0 Å². The molecule has 0 unspecified atom stereocenters. The first-order valence-corrected chi connectivity index (χ1v) is 13.5. The molecule has 7 heteroatoms. The van der Waals surface area contributed by atoms with Crippen LogP contribution in [0.5, 0.6) is 0 Å². The predicted molar refractivity (Wildman–Crippen MR) is 147 cm³/mol. The molecule has 0 fully saturated rings. The maximum atomic E-state index is 13.6. The van der Waals surface area contributed by atoms with Crippen molar-refractivity contribution >= 4 is 46.8 Å². The highest BCUT2D eigenvalue weighted by Crippen LogP contribution is 2.28. The van der Waals surface area contributed by atoms with Crippen molar-refractivity contribution in [1.82, 2.24) is 10.2 Å². The smallest absolute Gasteiger partial charge is 0.243 e. The highest BCUT2D eigenvalue weighted by molar-refractivity contribution is 7.99. The minimum Gasteiger partial charge on any atom is -0.355 e. The van der Waals surface area contributed by atoms with E-state index in [9.17, 15) is 9.59 Å². The van der Waals surface area contributed by atoms with E-state index in [1.807, 2.05) is 68.4 Å². The summed E-state index contributed by atoms with van der Waals surface area (Å²) in [5, 5.41) is 4.08. The molecule has 3 aromatic carbocycles. The lowest BCUT2D eigenvalue weighted by Gasteiger charge is -2.31. The number of hydrogen-bond donors (Lipinski definition) is 1. The van der Waals surface area contributed by atoms with Crippen LogP contribution in [0.25, 0.3) is 0 Å². The zero-order valence-electron chi connectivity index (χ0n) is 20.0. The van der Waals surface area contributed by atoms with Gasteiger partial charge in [-0.05, 0) is 42.7 Å². The lowest BCUT2D eigenvalue weighted by atomic mass is 10.0. The second-order valence-electron chi connectivity index (χ2n) is 8.30. The molecule has 1 atom stereocenters. The number of carbonyl (C=O) groups excluding carboxylic acids is 2. The van der Waals surface area contributed by atoms with E-state index in [2.05, 4.69) is 5.32 Å². The quantitative estimate of drug-likeness (QED) is 0.317. The third-order valence-electron chi connectivity index (χ3n) is 5.63. The lowest BCUT2D eigenvalue weighted by Crippen LogP contribution is -2.51. The molecular weight excluding hydrogens is 499 g/mol. The third kappa shape index (κ3) is 8.03. The van der Waals surface area contributed by atoms with Crippen LogP contribution in [0.2, 0.25) is 10.0 Å². The van der Waals surface area contributed by atoms with Gasteiger partial charge in [-0.15, -0.1) is 11.8 Å². The van der Waals surface area contributed by atoms with Gasteiger partial charge in [0, 0.05) is 35.3 Å². The molecule has 0 saturated heterocycles. The van der Waals surface area contributed by atoms with Crippen LogP contribution in [0.1, 0.15) is 29.2 Å². The molecule has 0 heterocycles. The molecule has 0 radical (unpaired) electrons. The zero-order valence-corrected chi connectivity index (χ0v) is 22.3. The van der Waals surface area contributed by atoms with Gasteiger partial charge in [0.05, 0.1) is 5.75 Å². The number of halogens is 2. The molecular formula is C28H30Cl2N2O2S. The number of hydrogen-bond acceptors (Lipinski definition) is 3. The summed E-state index contributed by atoms with van der Waals surface area (Å²) < 4.78 is 0. The third-order valence-corrected chi connectivity index (χ3v) is 7.28. The molecule has 0 aliphatic rings. The minimum atomic E-state index is -0.629. The number of carbonyl (C=O) groups is 2. The predicted octanol–water partition coefficient (Wildman–Crippen LogP) is 6.31. The van der Waals surface area contributed by atoms with Crippen LogP contribution in [-0.4, -0.2) is 35.1 Å². The summed E-state index contributed by atoms with van der Waals surface area (Å²) in [5.41, 5.74) is 3.93. The second kappa shape index (κ2) is 13.6. The van der Waals surface area contributed by atoms with Crippen molar-refractivity contribution < 1.29 is 9.59 Å². The molecule has 35 heavy (non-hydrogen) atoms. The van der Waals surface area contributed by atoms with E-state index in [1.54, 1.807) is 23.1 Å². The summed E-state index contributed by atoms with van der Waals surface area (Å²) in [6, 6.07) is 22.6. The number of nitrogens with zero attached hydrogens (tertiary/aromatic N) is 1. The van der Waals surface area contributed by atoms with E-state index in [1.165, 1.54) is 11.8 Å². The summed E-state index contributed by atoms with van der Waals surface area (Å²) in [7, 11) is 0. The fourth-order valence-corrected chi connectivity index (χ4v) is 5.38. The Morgan fingerprint density at radius 2 is 1.57 bits per heavy atom. The number of thioether (sulfide) groups is 1. The molecule has 0 bridgehead atoms. The molecule has 0 saturated carbocycles. The van der Waals surface area contributed by atoms with Gasteiger partial charge in [-0.3, -0.25) is 9.59 Å². The fourth-order valence-electron chi connectivity index (χ4n) is 3.73. The molecule has 0 spiro atoms. The fraction of sp³-hybridized carbons (Fsp3) is 0.286. The second-order valence-corrected chi connectivity index (χ2v) is 10.1. The summed E-state index contributed by atoms with van der Waals surface area (Å²) >= 11 is 14.0. The first kappa shape index (κ1) is 27.1. The van der Waals surface area contributed by atoms with Gasteiger partial charge in [0.2, 0.25) is 11.8 Å². The Morgan fingerprint density at radius 3 is 2.20 bits per heavy atom. The van der Waals surface area contributed by atoms with E-state index in [0.717, 1.165) is 22.3 Å². The van der Waals surface area contributed by atoms with Gasteiger partial charge in [0.1, 0.15) is 6.04 Å². The topological polar surface area (TPSA) is 49.4 Å². The van der Waals surface area contributed by atoms with Crippen LogP contribution >= 0.6 is 35.0 Å². The number of benzene rings is 3. The van der Waals surface area contributed by atoms with Crippen LogP contribution in [0, 0.1) is 6.92 Å². The van der Waals surface area contributed by atoms with Crippen molar-refractivity contribution in [3.63, 3.8) is 0 Å². The SMILES string of the molecule is CCNC(=O)[C@H](Cc1ccccc1)N(Cc1ccc(C)cc1)C(=O)CSCc1c(Cl)cccc1Cl. The first-order chi connectivity index (χ1) is 16.9. The number of aryl methyl sites for hydroxylation is 1. The number of nitrogens with one attached hydrogen (secondary N) is 1. The molecule has 3 aromatic rings. The largest absolute Gasteiger partial charge is 0.355 e. The van der Waals surface area contributed by atoms with Gasteiger partial charge >= 0.3 is 0 Å². The van der Waals surface area contributed by atoms with Crippen molar-refractivity contribution in [1.29, 1.82) is 0 Å². The van der Waals surface area contributed by atoms with E-state index in [4.69, 9.17) is 23.2 Å². The molecule has 2 amide bonds. The average molecular weight is 530 g/mol. The molecule has 0 aliphatic carbocycles. The molecule has 3 rings (SSSR count). The molecule has 0 aromatic heterocycles. The normalized spacial score (nSPS) is 11.7. The first-order valence-electron chi connectivity index (χ1n) is 11.6. The average Bonchev–Trinajstić information content (AvgIpc) is 2.85. The van der Waals surface area contributed by atoms with E-state index < -0.39 is 6.04 Å². The molecule has 184 valence electrons. The van der Waals surface area contributed by atoms with Crippen molar-refractivity contribution in [2.24, 2.45) is 0 Å². The summed E-state index contributed by atoms with van der Waals surface area (Å²) in [4.78, 5) is 28.4. The molecule has 1 N–H and O–H groups in total. The molecule has 4 nitrogen and oxygen atoms in total. The monoisotopic (exact) mass is 528 g/mol. The van der Waals surface area contributed by atoms with Crippen molar-refractivity contribution in [3.05, 3.63) is 105 Å². The van der Waals surface area contributed by atoms with Crippen LogP contribution in [0.4, 0.5) is 0 Å². The number of rotatable bonds is 11. The van der Waals surface area contributed by atoms with Crippen molar-refractivity contribution in [2.75, 3.05) is 12.3 Å². The van der Waals surface area contributed by atoms with Crippen LogP contribution in [0.3, 0.4) is 0 Å². The maximum Gasteiger partial charge on any atom is 0.243 e. The van der Waals surface area contributed by atoms with Gasteiger partial charge in [-0.25, -0.2) is 0 Å². The van der Waals surface area contributed by atoms with E-state index in [0.29, 0.717) is 35.3 Å². The Kier molecular flexibility index (Phi) is 10.5. The van der Waals surface area contributed by atoms with Gasteiger partial charge in [-0.2, -0.15) is 0 Å².